The Morgan fingerprint density at radius 1 is 1.44 bits per heavy atom. The Morgan fingerprint density at radius 2 is 2.28 bits per heavy atom. The zero-order valence-corrected chi connectivity index (χ0v) is 9.47. The minimum atomic E-state index is -0.751. The average molecular weight is 245 g/mol. The molecule has 0 saturated heterocycles. The van der Waals surface area contributed by atoms with Crippen LogP contribution in [0.15, 0.2) is 28.9 Å². The van der Waals surface area contributed by atoms with Gasteiger partial charge in [0.25, 0.3) is 5.78 Å². The number of aromatic nitrogens is 2. The quantitative estimate of drug-likeness (QED) is 0.633. The van der Waals surface area contributed by atoms with Crippen LogP contribution in [0.5, 0.6) is 0 Å². The molecule has 1 fully saturated rings. The lowest BCUT2D eigenvalue weighted by Crippen LogP contribution is -2.22. The number of carbonyl (C=O) groups excluding carboxylic acids is 2. The Bertz CT molecular complexity index is 581. The maximum Gasteiger partial charge on any atom is 0.301 e. The summed E-state index contributed by atoms with van der Waals surface area (Å²) < 4.78 is 4.87. The predicted molar refractivity (Wildman–Crippen MR) is 62.2 cm³/mol. The molecule has 0 radical (unpaired) electrons. The van der Waals surface area contributed by atoms with Gasteiger partial charge in [0.2, 0.25) is 0 Å². The van der Waals surface area contributed by atoms with Gasteiger partial charge in [0.15, 0.2) is 11.6 Å². The third-order valence-electron chi connectivity index (χ3n) is 2.81. The molecule has 0 aromatic carbocycles. The summed E-state index contributed by atoms with van der Waals surface area (Å²) in [5, 5.41) is 9.23. The maximum atomic E-state index is 11.6. The van der Waals surface area contributed by atoms with Gasteiger partial charge in [0, 0.05) is 17.7 Å². The van der Waals surface area contributed by atoms with Crippen LogP contribution in [0.4, 0.5) is 5.82 Å². The molecular formula is C12H11N3O3. The molecule has 2 aromatic rings. The van der Waals surface area contributed by atoms with Gasteiger partial charge in [-0.3, -0.25) is 14.7 Å². The number of hydrogen-bond acceptors (Lipinski definition) is 4. The molecule has 6 heteroatoms. The van der Waals surface area contributed by atoms with Crippen molar-refractivity contribution in [1.82, 2.24) is 10.2 Å². The van der Waals surface area contributed by atoms with E-state index in [1.54, 1.807) is 12.1 Å². The number of amides is 1. The predicted octanol–water partition coefficient (Wildman–Crippen LogP) is 1.70. The van der Waals surface area contributed by atoms with Crippen molar-refractivity contribution < 1.29 is 14.0 Å². The van der Waals surface area contributed by atoms with Crippen LogP contribution in [0.3, 0.4) is 0 Å². The molecule has 2 N–H and O–H groups in total. The van der Waals surface area contributed by atoms with Crippen molar-refractivity contribution in [1.29, 1.82) is 0 Å². The monoisotopic (exact) mass is 245 g/mol. The highest BCUT2D eigenvalue weighted by Gasteiger charge is 2.26. The number of anilines is 1. The SMILES string of the molecule is O=C(Nc1cc(C2CC2)[nH]n1)C(=O)c1ccco1. The maximum absolute atomic E-state index is 11.6. The zero-order chi connectivity index (χ0) is 12.5. The van der Waals surface area contributed by atoms with Crippen LogP contribution in [-0.4, -0.2) is 21.9 Å². The lowest BCUT2D eigenvalue weighted by molar-refractivity contribution is -0.112. The summed E-state index contributed by atoms with van der Waals surface area (Å²) in [6, 6.07) is 4.76. The Kier molecular flexibility index (Phi) is 2.47. The van der Waals surface area contributed by atoms with Gasteiger partial charge in [-0.15, -0.1) is 0 Å². The van der Waals surface area contributed by atoms with E-state index in [1.165, 1.54) is 12.3 Å². The van der Waals surface area contributed by atoms with Gasteiger partial charge in [0.1, 0.15) is 0 Å². The summed E-state index contributed by atoms with van der Waals surface area (Å²) in [5.74, 6) is -0.564. The fraction of sp³-hybridized carbons (Fsp3) is 0.250. The molecule has 1 saturated carbocycles. The molecule has 0 bridgehead atoms. The molecule has 0 unspecified atom stereocenters. The molecule has 1 aliphatic carbocycles. The first-order valence-corrected chi connectivity index (χ1v) is 5.68. The van der Waals surface area contributed by atoms with Crippen molar-refractivity contribution in [2.75, 3.05) is 5.32 Å². The number of furan rings is 1. The lowest BCUT2D eigenvalue weighted by Gasteiger charge is -1.97. The molecule has 2 aromatic heterocycles. The number of hydrogen-bond donors (Lipinski definition) is 2. The van der Waals surface area contributed by atoms with Gasteiger partial charge < -0.3 is 9.73 Å². The van der Waals surface area contributed by atoms with Gasteiger partial charge in [0.05, 0.1) is 6.26 Å². The summed E-state index contributed by atoms with van der Waals surface area (Å²) >= 11 is 0. The van der Waals surface area contributed by atoms with Crippen molar-refractivity contribution in [3.63, 3.8) is 0 Å². The molecule has 2 heterocycles. The summed E-state index contributed by atoms with van der Waals surface area (Å²) in [5.41, 5.74) is 0.996. The van der Waals surface area contributed by atoms with Crippen molar-refractivity contribution in [3.8, 4) is 0 Å². The van der Waals surface area contributed by atoms with Crippen LogP contribution in [0, 0.1) is 0 Å². The van der Waals surface area contributed by atoms with E-state index in [1.807, 2.05) is 0 Å². The van der Waals surface area contributed by atoms with Crippen LogP contribution < -0.4 is 5.32 Å². The number of H-pyrrole nitrogens is 1. The van der Waals surface area contributed by atoms with Crippen LogP contribution in [0.1, 0.15) is 35.0 Å². The first-order valence-electron chi connectivity index (χ1n) is 5.68. The number of rotatable bonds is 4. The zero-order valence-electron chi connectivity index (χ0n) is 9.47. The number of aromatic amines is 1. The number of Topliss-reactive ketones (excluding diaryl/α,β-unsaturated/α-hetero) is 1. The fourth-order valence-electron chi connectivity index (χ4n) is 1.70. The molecule has 18 heavy (non-hydrogen) atoms. The van der Waals surface area contributed by atoms with E-state index in [-0.39, 0.29) is 5.76 Å². The van der Waals surface area contributed by atoms with E-state index in [2.05, 4.69) is 15.5 Å². The molecule has 92 valence electrons. The largest absolute Gasteiger partial charge is 0.461 e. The minimum absolute atomic E-state index is 0.0189. The molecule has 3 rings (SSSR count). The Balaban J connectivity index is 1.68. The van der Waals surface area contributed by atoms with Crippen molar-refractivity contribution in [2.45, 2.75) is 18.8 Å². The smallest absolute Gasteiger partial charge is 0.301 e. The fourth-order valence-corrected chi connectivity index (χ4v) is 1.70. The minimum Gasteiger partial charge on any atom is -0.461 e. The molecule has 0 aliphatic heterocycles. The first kappa shape index (κ1) is 10.8. The normalized spacial score (nSPS) is 14.4. The third kappa shape index (κ3) is 2.04. The second kappa shape index (κ2) is 4.14. The Hall–Kier alpha value is -2.37. The third-order valence-corrected chi connectivity index (χ3v) is 2.81. The molecule has 1 amide bonds. The van der Waals surface area contributed by atoms with E-state index in [9.17, 15) is 9.59 Å². The van der Waals surface area contributed by atoms with Crippen molar-refractivity contribution in [3.05, 3.63) is 35.9 Å². The first-order chi connectivity index (χ1) is 8.74. The molecule has 0 atom stereocenters. The van der Waals surface area contributed by atoms with Gasteiger partial charge in [-0.25, -0.2) is 0 Å². The second-order valence-electron chi connectivity index (χ2n) is 4.24. The van der Waals surface area contributed by atoms with E-state index in [4.69, 9.17) is 4.42 Å². The Morgan fingerprint density at radius 3 is 2.94 bits per heavy atom. The summed E-state index contributed by atoms with van der Waals surface area (Å²) in [6.07, 6.45) is 3.63. The lowest BCUT2D eigenvalue weighted by atomic mass is 10.3. The van der Waals surface area contributed by atoms with E-state index in [0.29, 0.717) is 11.7 Å². The van der Waals surface area contributed by atoms with E-state index >= 15 is 0 Å². The number of nitrogens with zero attached hydrogens (tertiary/aromatic N) is 1. The van der Waals surface area contributed by atoms with Crippen molar-refractivity contribution in [2.24, 2.45) is 0 Å². The van der Waals surface area contributed by atoms with E-state index < -0.39 is 11.7 Å². The van der Waals surface area contributed by atoms with Crippen LogP contribution in [0.2, 0.25) is 0 Å². The molecular weight excluding hydrogens is 234 g/mol. The number of nitrogens with one attached hydrogen (secondary N) is 2. The summed E-state index contributed by atoms with van der Waals surface area (Å²) in [6.45, 7) is 0. The van der Waals surface area contributed by atoms with Gasteiger partial charge in [-0.05, 0) is 25.0 Å². The number of carbonyl (C=O) groups is 2. The Labute approximate surface area is 102 Å². The van der Waals surface area contributed by atoms with Crippen LogP contribution in [-0.2, 0) is 4.79 Å². The highest BCUT2D eigenvalue weighted by molar-refractivity contribution is 6.45. The molecule has 6 nitrogen and oxygen atoms in total. The molecule has 0 spiro atoms. The highest BCUT2D eigenvalue weighted by Crippen LogP contribution is 2.39. The van der Waals surface area contributed by atoms with Crippen LogP contribution >= 0.6 is 0 Å². The van der Waals surface area contributed by atoms with Gasteiger partial charge >= 0.3 is 5.91 Å². The molecule has 1 aliphatic rings. The topological polar surface area (TPSA) is 88.0 Å². The van der Waals surface area contributed by atoms with Gasteiger partial charge in [-0.1, -0.05) is 0 Å². The van der Waals surface area contributed by atoms with E-state index in [0.717, 1.165) is 18.5 Å². The summed E-state index contributed by atoms with van der Waals surface area (Å²) in [4.78, 5) is 23.3. The average Bonchev–Trinajstić information content (AvgIpc) is 2.91. The second-order valence-corrected chi connectivity index (χ2v) is 4.24. The highest BCUT2D eigenvalue weighted by atomic mass is 16.3. The van der Waals surface area contributed by atoms with Gasteiger partial charge in [-0.2, -0.15) is 5.10 Å². The standard InChI is InChI=1S/C12H11N3O3/c16-11(9-2-1-5-18-9)12(17)13-10-6-8(14-15-10)7-3-4-7/h1-2,5-7H,3-4H2,(H2,13,14,15,17). The summed E-state index contributed by atoms with van der Waals surface area (Å²) in [7, 11) is 0. The van der Waals surface area contributed by atoms with Crippen LogP contribution in [0.25, 0.3) is 0 Å². The van der Waals surface area contributed by atoms with Crippen molar-refractivity contribution >= 4 is 17.5 Å². The number of ketones is 1.